The number of fused-ring (bicyclic) bond motifs is 1. The molecule has 0 spiro atoms. The Morgan fingerprint density at radius 3 is 2.15 bits per heavy atom. The first-order valence-electron chi connectivity index (χ1n) is 9.45. The van der Waals surface area contributed by atoms with Crippen molar-refractivity contribution < 1.29 is 9.59 Å². The van der Waals surface area contributed by atoms with Crippen LogP contribution in [-0.2, 0) is 12.8 Å². The number of rotatable bonds is 5. The molecule has 136 valence electrons. The molecule has 3 rings (SSSR count). The van der Waals surface area contributed by atoms with Crippen LogP contribution in [0.2, 0.25) is 0 Å². The molecule has 2 amide bonds. The summed E-state index contributed by atoms with van der Waals surface area (Å²) in [6.07, 6.45) is 4.59. The molecule has 4 heteroatoms. The van der Waals surface area contributed by atoms with Crippen molar-refractivity contribution in [3.05, 3.63) is 64.7 Å². The number of aryl methyl sites for hydroxylation is 2. The lowest BCUT2D eigenvalue weighted by molar-refractivity contribution is 0.0773. The summed E-state index contributed by atoms with van der Waals surface area (Å²) >= 11 is 0. The van der Waals surface area contributed by atoms with Gasteiger partial charge in [-0.2, -0.15) is 0 Å². The molecule has 0 aromatic heterocycles. The minimum atomic E-state index is -0.110. The number of anilines is 1. The number of carbonyl (C=O) groups is 2. The molecule has 1 aliphatic carbocycles. The van der Waals surface area contributed by atoms with E-state index >= 15 is 0 Å². The van der Waals surface area contributed by atoms with Crippen molar-refractivity contribution in [1.29, 1.82) is 0 Å². The van der Waals surface area contributed by atoms with Crippen LogP contribution in [0, 0.1) is 0 Å². The fourth-order valence-electron chi connectivity index (χ4n) is 3.47. The minimum absolute atomic E-state index is 0.0163. The first-order valence-corrected chi connectivity index (χ1v) is 9.45. The Morgan fingerprint density at radius 1 is 0.885 bits per heavy atom. The van der Waals surface area contributed by atoms with E-state index in [9.17, 15) is 9.59 Å². The van der Waals surface area contributed by atoms with Crippen molar-refractivity contribution in [2.24, 2.45) is 0 Å². The Kier molecular flexibility index (Phi) is 5.71. The summed E-state index contributed by atoms with van der Waals surface area (Å²) in [7, 11) is 0. The Hall–Kier alpha value is -2.62. The molecule has 0 saturated heterocycles. The van der Waals surface area contributed by atoms with E-state index in [-0.39, 0.29) is 11.8 Å². The van der Waals surface area contributed by atoms with Crippen molar-refractivity contribution in [3.63, 3.8) is 0 Å². The zero-order valence-corrected chi connectivity index (χ0v) is 15.5. The number of carbonyl (C=O) groups excluding carboxylic acids is 2. The van der Waals surface area contributed by atoms with Gasteiger partial charge < -0.3 is 10.2 Å². The average molecular weight is 350 g/mol. The zero-order chi connectivity index (χ0) is 18.5. The molecule has 0 unspecified atom stereocenters. The summed E-state index contributed by atoms with van der Waals surface area (Å²) in [4.78, 5) is 26.6. The van der Waals surface area contributed by atoms with Crippen LogP contribution in [0.15, 0.2) is 42.5 Å². The van der Waals surface area contributed by atoms with Gasteiger partial charge in [0.2, 0.25) is 0 Å². The maximum absolute atomic E-state index is 12.5. The summed E-state index contributed by atoms with van der Waals surface area (Å²) in [5.41, 5.74) is 4.69. The van der Waals surface area contributed by atoms with Crippen LogP contribution in [0.4, 0.5) is 5.69 Å². The largest absolute Gasteiger partial charge is 0.339 e. The standard InChI is InChI=1S/C22H26N2O2/c1-3-24(4-2)22(26)17-11-13-20(14-12-17)23-21(25)19-10-9-16-7-5-6-8-18(16)15-19/h9-15H,3-8H2,1-2H3,(H,23,25). The first kappa shape index (κ1) is 18.2. The molecule has 0 radical (unpaired) electrons. The van der Waals surface area contributed by atoms with E-state index in [0.717, 1.165) is 12.8 Å². The predicted molar refractivity (Wildman–Crippen MR) is 105 cm³/mol. The maximum Gasteiger partial charge on any atom is 0.255 e. The van der Waals surface area contributed by atoms with Crippen molar-refractivity contribution >= 4 is 17.5 Å². The van der Waals surface area contributed by atoms with Gasteiger partial charge in [0.1, 0.15) is 0 Å². The summed E-state index contributed by atoms with van der Waals surface area (Å²) < 4.78 is 0. The molecule has 2 aromatic rings. The molecule has 1 aliphatic rings. The van der Waals surface area contributed by atoms with Gasteiger partial charge >= 0.3 is 0 Å². The molecule has 0 aliphatic heterocycles. The highest BCUT2D eigenvalue weighted by atomic mass is 16.2. The Morgan fingerprint density at radius 2 is 1.50 bits per heavy atom. The van der Waals surface area contributed by atoms with Crippen molar-refractivity contribution in [2.45, 2.75) is 39.5 Å². The van der Waals surface area contributed by atoms with Gasteiger partial charge in [0.25, 0.3) is 11.8 Å². The van der Waals surface area contributed by atoms with Gasteiger partial charge in [-0.15, -0.1) is 0 Å². The Bertz CT molecular complexity index is 792. The summed E-state index contributed by atoms with van der Waals surface area (Å²) in [5.74, 6) is -0.0937. The predicted octanol–water partition coefficient (Wildman–Crippen LogP) is 4.30. The maximum atomic E-state index is 12.5. The molecular formula is C22H26N2O2. The fourth-order valence-corrected chi connectivity index (χ4v) is 3.47. The normalized spacial score (nSPS) is 13.0. The fraction of sp³-hybridized carbons (Fsp3) is 0.364. The number of amides is 2. The lowest BCUT2D eigenvalue weighted by Gasteiger charge is -2.18. The monoisotopic (exact) mass is 350 g/mol. The van der Waals surface area contributed by atoms with E-state index in [0.29, 0.717) is 29.9 Å². The highest BCUT2D eigenvalue weighted by Crippen LogP contribution is 2.23. The third-order valence-electron chi connectivity index (χ3n) is 5.05. The molecular weight excluding hydrogens is 324 g/mol. The second-order valence-corrected chi connectivity index (χ2v) is 6.70. The molecule has 0 fully saturated rings. The lowest BCUT2D eigenvalue weighted by Crippen LogP contribution is -2.30. The van der Waals surface area contributed by atoms with Crippen molar-refractivity contribution in [2.75, 3.05) is 18.4 Å². The molecule has 0 saturated carbocycles. The van der Waals surface area contributed by atoms with E-state index in [4.69, 9.17) is 0 Å². The molecule has 26 heavy (non-hydrogen) atoms. The van der Waals surface area contributed by atoms with Crippen molar-refractivity contribution in [1.82, 2.24) is 4.90 Å². The van der Waals surface area contributed by atoms with Crippen LogP contribution in [0.3, 0.4) is 0 Å². The zero-order valence-electron chi connectivity index (χ0n) is 15.5. The quantitative estimate of drug-likeness (QED) is 0.874. The number of benzene rings is 2. The van der Waals surface area contributed by atoms with Gasteiger partial charge in [-0.05, 0) is 87.1 Å². The van der Waals surface area contributed by atoms with Gasteiger partial charge in [-0.3, -0.25) is 9.59 Å². The summed E-state index contributed by atoms with van der Waals surface area (Å²) in [6, 6.07) is 13.1. The molecule has 1 N–H and O–H groups in total. The summed E-state index contributed by atoms with van der Waals surface area (Å²) in [6.45, 7) is 5.31. The Labute approximate surface area is 155 Å². The Balaban J connectivity index is 1.69. The van der Waals surface area contributed by atoms with Crippen molar-refractivity contribution in [3.8, 4) is 0 Å². The first-order chi connectivity index (χ1) is 12.6. The van der Waals surface area contributed by atoms with Crippen LogP contribution < -0.4 is 5.32 Å². The van der Waals surface area contributed by atoms with Gasteiger partial charge in [-0.25, -0.2) is 0 Å². The molecule has 2 aromatic carbocycles. The van der Waals surface area contributed by atoms with E-state index < -0.39 is 0 Å². The van der Waals surface area contributed by atoms with E-state index in [1.807, 2.05) is 26.0 Å². The number of hydrogen-bond donors (Lipinski definition) is 1. The van der Waals surface area contributed by atoms with Crippen LogP contribution >= 0.6 is 0 Å². The molecule has 4 nitrogen and oxygen atoms in total. The number of nitrogens with one attached hydrogen (secondary N) is 1. The number of hydrogen-bond acceptors (Lipinski definition) is 2. The topological polar surface area (TPSA) is 49.4 Å². The van der Waals surface area contributed by atoms with Crippen LogP contribution in [0.5, 0.6) is 0 Å². The van der Waals surface area contributed by atoms with Crippen LogP contribution in [-0.4, -0.2) is 29.8 Å². The third-order valence-corrected chi connectivity index (χ3v) is 5.05. The SMILES string of the molecule is CCN(CC)C(=O)c1ccc(NC(=O)c2ccc3c(c2)CCCC3)cc1. The smallest absolute Gasteiger partial charge is 0.255 e. The van der Waals surface area contributed by atoms with Gasteiger partial charge in [-0.1, -0.05) is 6.07 Å². The van der Waals surface area contributed by atoms with E-state index in [2.05, 4.69) is 11.4 Å². The van der Waals surface area contributed by atoms with Gasteiger partial charge in [0, 0.05) is 29.9 Å². The average Bonchev–Trinajstić information content (AvgIpc) is 2.69. The summed E-state index contributed by atoms with van der Waals surface area (Å²) in [5, 5.41) is 2.92. The van der Waals surface area contributed by atoms with Crippen LogP contribution in [0.1, 0.15) is 58.5 Å². The lowest BCUT2D eigenvalue weighted by atomic mass is 9.90. The highest BCUT2D eigenvalue weighted by molar-refractivity contribution is 6.04. The molecule has 0 atom stereocenters. The van der Waals surface area contributed by atoms with E-state index in [1.165, 1.54) is 24.0 Å². The second kappa shape index (κ2) is 8.17. The van der Waals surface area contributed by atoms with Crippen LogP contribution in [0.25, 0.3) is 0 Å². The highest BCUT2D eigenvalue weighted by Gasteiger charge is 2.14. The van der Waals surface area contributed by atoms with E-state index in [1.54, 1.807) is 29.2 Å². The third kappa shape index (κ3) is 3.96. The molecule has 0 bridgehead atoms. The van der Waals surface area contributed by atoms with Gasteiger partial charge in [0.05, 0.1) is 0 Å². The number of nitrogens with zero attached hydrogens (tertiary/aromatic N) is 1. The van der Waals surface area contributed by atoms with Gasteiger partial charge in [0.15, 0.2) is 0 Å². The molecule has 0 heterocycles. The second-order valence-electron chi connectivity index (χ2n) is 6.70. The minimum Gasteiger partial charge on any atom is -0.339 e.